The SMILES string of the molecule is C#Cc1ccc(-c2nnc(NC3C[C@@H](F)CN(C)C3)c3c2CCCC3)c(O)c1. The molecule has 2 heterocycles. The number of phenols is 1. The van der Waals surface area contributed by atoms with Crippen LogP contribution in [0.25, 0.3) is 11.3 Å². The second kappa shape index (κ2) is 7.76. The Morgan fingerprint density at radius 2 is 2.00 bits per heavy atom. The van der Waals surface area contributed by atoms with Gasteiger partial charge in [-0.2, -0.15) is 0 Å². The third-order valence-corrected chi connectivity index (χ3v) is 5.63. The van der Waals surface area contributed by atoms with Crippen molar-refractivity contribution in [1.82, 2.24) is 15.1 Å². The van der Waals surface area contributed by atoms with Crippen LogP contribution in [0.4, 0.5) is 10.2 Å². The second-order valence-electron chi connectivity index (χ2n) is 7.83. The van der Waals surface area contributed by atoms with Crippen molar-refractivity contribution in [2.75, 3.05) is 25.5 Å². The topological polar surface area (TPSA) is 61.3 Å². The van der Waals surface area contributed by atoms with Crippen LogP contribution in [0.1, 0.15) is 36.0 Å². The molecule has 4 rings (SSSR count). The number of benzene rings is 1. The highest BCUT2D eigenvalue weighted by atomic mass is 19.1. The highest BCUT2D eigenvalue weighted by Gasteiger charge is 2.28. The van der Waals surface area contributed by atoms with Crippen LogP contribution < -0.4 is 5.32 Å². The molecule has 0 radical (unpaired) electrons. The third-order valence-electron chi connectivity index (χ3n) is 5.63. The standard InChI is InChI=1S/C22H25FN4O/c1-3-14-8-9-19(20(28)10-14)21-17-6-4-5-7-18(17)22(26-25-21)24-16-11-15(23)12-27(2)13-16/h1,8-10,15-16,28H,4-7,11-13H2,2H3,(H,24,26)/t15-,16?/m1/s1. The first-order chi connectivity index (χ1) is 13.5. The molecule has 2 N–H and O–H groups in total. The third kappa shape index (κ3) is 3.67. The number of likely N-dealkylation sites (tertiary alicyclic amines) is 1. The van der Waals surface area contributed by atoms with E-state index >= 15 is 0 Å². The number of halogens is 1. The molecule has 6 heteroatoms. The molecule has 28 heavy (non-hydrogen) atoms. The summed E-state index contributed by atoms with van der Waals surface area (Å²) in [6, 6.07) is 5.21. The number of rotatable bonds is 3. The molecule has 1 saturated heterocycles. The minimum atomic E-state index is -0.828. The van der Waals surface area contributed by atoms with Gasteiger partial charge in [-0.15, -0.1) is 16.6 Å². The van der Waals surface area contributed by atoms with Gasteiger partial charge in [0.15, 0.2) is 5.82 Å². The van der Waals surface area contributed by atoms with E-state index in [2.05, 4.69) is 21.4 Å². The van der Waals surface area contributed by atoms with Gasteiger partial charge in [-0.25, -0.2) is 4.39 Å². The molecule has 2 atom stereocenters. The summed E-state index contributed by atoms with van der Waals surface area (Å²) in [5.41, 5.74) is 4.25. The van der Waals surface area contributed by atoms with Crippen LogP contribution in [0.3, 0.4) is 0 Å². The van der Waals surface area contributed by atoms with Crippen LogP contribution in [-0.2, 0) is 12.8 Å². The largest absolute Gasteiger partial charge is 0.507 e. The monoisotopic (exact) mass is 380 g/mol. The van der Waals surface area contributed by atoms with Crippen molar-refractivity contribution < 1.29 is 9.50 Å². The van der Waals surface area contributed by atoms with E-state index in [0.29, 0.717) is 29.8 Å². The fourth-order valence-corrected chi connectivity index (χ4v) is 4.35. The molecule has 0 bridgehead atoms. The normalized spacial score (nSPS) is 22.3. The summed E-state index contributed by atoms with van der Waals surface area (Å²) in [6.45, 7) is 1.26. The minimum absolute atomic E-state index is 0.0169. The van der Waals surface area contributed by atoms with Gasteiger partial charge in [-0.1, -0.05) is 5.92 Å². The van der Waals surface area contributed by atoms with Crippen molar-refractivity contribution in [3.05, 3.63) is 34.9 Å². The Morgan fingerprint density at radius 3 is 2.71 bits per heavy atom. The summed E-state index contributed by atoms with van der Waals surface area (Å²) in [4.78, 5) is 2.01. The Balaban J connectivity index is 1.69. The number of nitrogens with one attached hydrogen (secondary N) is 1. The highest BCUT2D eigenvalue weighted by Crippen LogP contribution is 2.37. The van der Waals surface area contributed by atoms with Crippen molar-refractivity contribution >= 4 is 5.82 Å². The number of piperidine rings is 1. The van der Waals surface area contributed by atoms with E-state index in [-0.39, 0.29) is 11.8 Å². The predicted octanol–water partition coefficient (Wildman–Crippen LogP) is 3.16. The zero-order valence-electron chi connectivity index (χ0n) is 16.1. The van der Waals surface area contributed by atoms with Crippen molar-refractivity contribution in [3.63, 3.8) is 0 Å². The maximum atomic E-state index is 14.0. The molecular formula is C22H25FN4O. The lowest BCUT2D eigenvalue weighted by Crippen LogP contribution is -2.45. The fraction of sp³-hybridized carbons (Fsp3) is 0.455. The van der Waals surface area contributed by atoms with Gasteiger partial charge < -0.3 is 15.3 Å². The number of hydrogen-bond donors (Lipinski definition) is 2. The first-order valence-corrected chi connectivity index (χ1v) is 9.82. The summed E-state index contributed by atoms with van der Waals surface area (Å²) in [5.74, 6) is 3.40. The van der Waals surface area contributed by atoms with E-state index in [9.17, 15) is 9.50 Å². The Morgan fingerprint density at radius 1 is 1.21 bits per heavy atom. The average Bonchev–Trinajstić information content (AvgIpc) is 2.68. The number of likely N-dealkylation sites (N-methyl/N-ethyl adjacent to an activating group) is 1. The quantitative estimate of drug-likeness (QED) is 0.801. The van der Waals surface area contributed by atoms with Crippen LogP contribution in [0.15, 0.2) is 18.2 Å². The van der Waals surface area contributed by atoms with Crippen LogP contribution in [0.2, 0.25) is 0 Å². The van der Waals surface area contributed by atoms with Gasteiger partial charge in [0.05, 0.1) is 0 Å². The molecule has 1 aliphatic carbocycles. The number of phenolic OH excluding ortho intramolecular Hbond substituents is 1. The van der Waals surface area contributed by atoms with E-state index in [1.165, 1.54) is 0 Å². The molecule has 1 aliphatic heterocycles. The molecule has 2 aliphatic rings. The van der Waals surface area contributed by atoms with Crippen LogP contribution in [-0.4, -0.2) is 52.6 Å². The van der Waals surface area contributed by atoms with Crippen LogP contribution in [0, 0.1) is 12.3 Å². The first kappa shape index (κ1) is 18.7. The molecule has 5 nitrogen and oxygen atoms in total. The van der Waals surface area contributed by atoms with E-state index in [1.807, 2.05) is 11.9 Å². The molecule has 0 amide bonds. The Hall–Kier alpha value is -2.65. The van der Waals surface area contributed by atoms with E-state index in [0.717, 1.165) is 49.2 Å². The Bertz CT molecular complexity index is 913. The van der Waals surface area contributed by atoms with Crippen molar-refractivity contribution in [2.24, 2.45) is 0 Å². The van der Waals surface area contributed by atoms with Crippen LogP contribution in [0.5, 0.6) is 5.75 Å². The molecule has 1 aromatic heterocycles. The van der Waals surface area contributed by atoms with Gasteiger partial charge in [0.1, 0.15) is 17.6 Å². The first-order valence-electron chi connectivity index (χ1n) is 9.82. The number of hydrogen-bond acceptors (Lipinski definition) is 5. The van der Waals surface area contributed by atoms with E-state index < -0.39 is 6.17 Å². The van der Waals surface area contributed by atoms with Crippen molar-refractivity contribution in [3.8, 4) is 29.4 Å². The fourth-order valence-electron chi connectivity index (χ4n) is 4.35. The summed E-state index contributed by atoms with van der Waals surface area (Å²) in [7, 11) is 1.94. The number of nitrogens with zero attached hydrogens (tertiary/aromatic N) is 3. The second-order valence-corrected chi connectivity index (χ2v) is 7.83. The Labute approximate surface area is 165 Å². The summed E-state index contributed by atoms with van der Waals surface area (Å²) >= 11 is 0. The molecule has 0 spiro atoms. The smallest absolute Gasteiger partial charge is 0.152 e. The lowest BCUT2D eigenvalue weighted by molar-refractivity contribution is 0.153. The van der Waals surface area contributed by atoms with Gasteiger partial charge in [-0.05, 0) is 56.5 Å². The summed E-state index contributed by atoms with van der Waals surface area (Å²) in [5, 5.41) is 22.8. The number of anilines is 1. The number of terminal acetylenes is 1. The summed E-state index contributed by atoms with van der Waals surface area (Å²) < 4.78 is 14.0. The van der Waals surface area contributed by atoms with Gasteiger partial charge in [0, 0.05) is 42.2 Å². The molecule has 1 aromatic carbocycles. The maximum Gasteiger partial charge on any atom is 0.152 e. The zero-order chi connectivity index (χ0) is 19.7. The number of aromatic nitrogens is 2. The number of fused-ring (bicyclic) bond motifs is 1. The van der Waals surface area contributed by atoms with Gasteiger partial charge in [-0.3, -0.25) is 0 Å². The lowest BCUT2D eigenvalue weighted by atomic mass is 9.88. The highest BCUT2D eigenvalue weighted by molar-refractivity contribution is 5.73. The van der Waals surface area contributed by atoms with Crippen LogP contribution >= 0.6 is 0 Å². The van der Waals surface area contributed by atoms with E-state index in [1.54, 1.807) is 18.2 Å². The molecule has 1 fully saturated rings. The molecule has 2 aromatic rings. The predicted molar refractivity (Wildman–Crippen MR) is 108 cm³/mol. The molecule has 1 unspecified atom stereocenters. The maximum absolute atomic E-state index is 14.0. The number of alkyl halides is 1. The van der Waals surface area contributed by atoms with Gasteiger partial charge >= 0.3 is 0 Å². The minimum Gasteiger partial charge on any atom is -0.507 e. The molecular weight excluding hydrogens is 355 g/mol. The zero-order valence-corrected chi connectivity index (χ0v) is 16.1. The molecule has 0 saturated carbocycles. The van der Waals surface area contributed by atoms with Gasteiger partial charge in [0.2, 0.25) is 0 Å². The Kier molecular flexibility index (Phi) is 5.19. The van der Waals surface area contributed by atoms with E-state index in [4.69, 9.17) is 6.42 Å². The van der Waals surface area contributed by atoms with Crippen molar-refractivity contribution in [2.45, 2.75) is 44.3 Å². The average molecular weight is 380 g/mol. The lowest BCUT2D eigenvalue weighted by Gasteiger charge is -2.33. The summed E-state index contributed by atoms with van der Waals surface area (Å²) in [6.07, 6.45) is 9.04. The number of aromatic hydroxyl groups is 1. The van der Waals surface area contributed by atoms with Crippen molar-refractivity contribution in [1.29, 1.82) is 0 Å². The van der Waals surface area contributed by atoms with Gasteiger partial charge in [0.25, 0.3) is 0 Å². The molecule has 146 valence electrons.